The number of nitrogens with zero attached hydrogens (tertiary/aromatic N) is 1. The Morgan fingerprint density at radius 1 is 0.800 bits per heavy atom. The zero-order valence-electron chi connectivity index (χ0n) is 16.7. The van der Waals surface area contributed by atoms with E-state index in [1.54, 1.807) is 48.5 Å². The summed E-state index contributed by atoms with van der Waals surface area (Å²) >= 11 is 0. The van der Waals surface area contributed by atoms with Crippen molar-refractivity contribution in [1.82, 2.24) is 0 Å². The molecule has 6 heteroatoms. The summed E-state index contributed by atoms with van der Waals surface area (Å²) in [6, 6.07) is 24.8. The van der Waals surface area contributed by atoms with Crippen LogP contribution in [0.5, 0.6) is 11.5 Å². The third kappa shape index (κ3) is 4.65. The first kappa shape index (κ1) is 20.6. The first-order valence-corrected chi connectivity index (χ1v) is 9.36. The van der Waals surface area contributed by atoms with Crippen molar-refractivity contribution in [2.45, 2.75) is 13.8 Å². The summed E-state index contributed by atoms with van der Waals surface area (Å²) in [7, 11) is 0. The molecule has 0 aliphatic rings. The van der Waals surface area contributed by atoms with Crippen molar-refractivity contribution in [3.63, 3.8) is 0 Å². The largest absolute Gasteiger partial charge is 0.455 e. The average Bonchev–Trinajstić information content (AvgIpc) is 2.76. The summed E-state index contributed by atoms with van der Waals surface area (Å²) in [6.07, 6.45) is 0. The summed E-state index contributed by atoms with van der Waals surface area (Å²) in [5, 5.41) is 14.6. The SMILES string of the molecule is CC(C)(C(=O)Nc1ccccc1C#N)C(=O)Nc1ccccc1Oc1ccccc1. The zero-order valence-corrected chi connectivity index (χ0v) is 16.7. The number of amides is 2. The standard InChI is InChI=1S/C24H21N3O3/c1-24(2,22(28)26-19-13-7-6-10-17(19)16-25)23(29)27-20-14-8-9-15-21(20)30-18-11-4-3-5-12-18/h3-15H,1-2H3,(H,26,28)(H,27,29). The van der Waals surface area contributed by atoms with Crippen LogP contribution in [-0.2, 0) is 9.59 Å². The molecular formula is C24H21N3O3. The van der Waals surface area contributed by atoms with Crippen LogP contribution in [0.2, 0.25) is 0 Å². The van der Waals surface area contributed by atoms with Gasteiger partial charge < -0.3 is 15.4 Å². The highest BCUT2D eigenvalue weighted by atomic mass is 16.5. The summed E-state index contributed by atoms with van der Waals surface area (Å²) in [4.78, 5) is 25.7. The van der Waals surface area contributed by atoms with Gasteiger partial charge >= 0.3 is 0 Å². The van der Waals surface area contributed by atoms with Crippen molar-refractivity contribution in [3.8, 4) is 17.6 Å². The highest BCUT2D eigenvalue weighted by Crippen LogP contribution is 2.31. The lowest BCUT2D eigenvalue weighted by Gasteiger charge is -2.23. The second-order valence-corrected chi connectivity index (χ2v) is 7.10. The third-order valence-electron chi connectivity index (χ3n) is 4.54. The minimum atomic E-state index is -1.40. The van der Waals surface area contributed by atoms with E-state index in [0.717, 1.165) is 0 Å². The van der Waals surface area contributed by atoms with Gasteiger partial charge in [0, 0.05) is 0 Å². The number of hydrogen-bond donors (Lipinski definition) is 2. The molecule has 3 rings (SSSR count). The average molecular weight is 399 g/mol. The second kappa shape index (κ2) is 8.93. The molecule has 0 saturated carbocycles. The second-order valence-electron chi connectivity index (χ2n) is 7.10. The highest BCUT2D eigenvalue weighted by molar-refractivity contribution is 6.14. The number of nitrogens with one attached hydrogen (secondary N) is 2. The molecule has 0 fully saturated rings. The molecular weight excluding hydrogens is 378 g/mol. The minimum Gasteiger partial charge on any atom is -0.455 e. The van der Waals surface area contributed by atoms with E-state index in [2.05, 4.69) is 10.6 Å². The zero-order chi connectivity index (χ0) is 21.6. The predicted molar refractivity (Wildman–Crippen MR) is 115 cm³/mol. The first-order valence-electron chi connectivity index (χ1n) is 9.36. The molecule has 3 aromatic rings. The molecule has 0 heterocycles. The number of benzene rings is 3. The first-order chi connectivity index (χ1) is 14.4. The molecule has 6 nitrogen and oxygen atoms in total. The van der Waals surface area contributed by atoms with E-state index in [-0.39, 0.29) is 0 Å². The molecule has 3 aromatic carbocycles. The smallest absolute Gasteiger partial charge is 0.239 e. The lowest BCUT2D eigenvalue weighted by molar-refractivity contribution is -0.135. The maximum absolute atomic E-state index is 12.9. The summed E-state index contributed by atoms with van der Waals surface area (Å²) in [5.41, 5.74) is -0.269. The van der Waals surface area contributed by atoms with Gasteiger partial charge in [0.15, 0.2) is 5.75 Å². The fraction of sp³-hybridized carbons (Fsp3) is 0.125. The van der Waals surface area contributed by atoms with Crippen LogP contribution in [0.4, 0.5) is 11.4 Å². The van der Waals surface area contributed by atoms with Crippen molar-refractivity contribution >= 4 is 23.2 Å². The van der Waals surface area contributed by atoms with E-state index >= 15 is 0 Å². The minimum absolute atomic E-state index is 0.323. The Bertz CT molecular complexity index is 1100. The summed E-state index contributed by atoms with van der Waals surface area (Å²) < 4.78 is 5.86. The van der Waals surface area contributed by atoms with Gasteiger partial charge in [-0.3, -0.25) is 9.59 Å². The van der Waals surface area contributed by atoms with Crippen LogP contribution in [0.15, 0.2) is 78.9 Å². The molecule has 30 heavy (non-hydrogen) atoms. The quantitative estimate of drug-likeness (QED) is 0.574. The molecule has 0 aliphatic carbocycles. The number of anilines is 2. The number of carbonyl (C=O) groups is 2. The van der Waals surface area contributed by atoms with Gasteiger partial charge in [-0.25, -0.2) is 0 Å². The van der Waals surface area contributed by atoms with Crippen LogP contribution in [0.25, 0.3) is 0 Å². The Morgan fingerprint density at radius 3 is 2.00 bits per heavy atom. The molecule has 0 spiro atoms. The normalized spacial score (nSPS) is 10.6. The van der Waals surface area contributed by atoms with E-state index in [1.807, 2.05) is 36.4 Å². The van der Waals surface area contributed by atoms with Gasteiger partial charge in [0.25, 0.3) is 0 Å². The van der Waals surface area contributed by atoms with Crippen molar-refractivity contribution in [2.24, 2.45) is 5.41 Å². The monoisotopic (exact) mass is 399 g/mol. The van der Waals surface area contributed by atoms with Crippen LogP contribution >= 0.6 is 0 Å². The maximum atomic E-state index is 12.9. The molecule has 150 valence electrons. The van der Waals surface area contributed by atoms with Crippen LogP contribution in [0, 0.1) is 16.7 Å². The third-order valence-corrected chi connectivity index (χ3v) is 4.54. The van der Waals surface area contributed by atoms with Gasteiger partial charge in [0.2, 0.25) is 11.8 Å². The van der Waals surface area contributed by atoms with E-state index in [4.69, 9.17) is 4.74 Å². The molecule has 0 aromatic heterocycles. The Hall–Kier alpha value is -4.11. The maximum Gasteiger partial charge on any atom is 0.239 e. The lowest BCUT2D eigenvalue weighted by atomic mass is 9.90. The fourth-order valence-corrected chi connectivity index (χ4v) is 2.62. The molecule has 0 saturated heterocycles. The van der Waals surface area contributed by atoms with Crippen LogP contribution < -0.4 is 15.4 Å². The van der Waals surface area contributed by atoms with Gasteiger partial charge in [0.1, 0.15) is 17.2 Å². The highest BCUT2D eigenvalue weighted by Gasteiger charge is 2.37. The Morgan fingerprint density at radius 2 is 1.33 bits per heavy atom. The van der Waals surface area contributed by atoms with E-state index in [9.17, 15) is 14.9 Å². The van der Waals surface area contributed by atoms with Gasteiger partial charge in [0.05, 0.1) is 16.9 Å². The van der Waals surface area contributed by atoms with Gasteiger partial charge in [-0.1, -0.05) is 42.5 Å². The molecule has 2 N–H and O–H groups in total. The van der Waals surface area contributed by atoms with Crippen molar-refractivity contribution in [1.29, 1.82) is 5.26 Å². The fourth-order valence-electron chi connectivity index (χ4n) is 2.62. The molecule has 0 aliphatic heterocycles. The van der Waals surface area contributed by atoms with Gasteiger partial charge in [-0.2, -0.15) is 5.26 Å². The molecule has 0 unspecified atom stereocenters. The van der Waals surface area contributed by atoms with Crippen LogP contribution in [0.3, 0.4) is 0 Å². The van der Waals surface area contributed by atoms with Crippen LogP contribution in [-0.4, -0.2) is 11.8 Å². The van der Waals surface area contributed by atoms with Crippen LogP contribution in [0.1, 0.15) is 19.4 Å². The number of nitriles is 1. The number of hydrogen-bond acceptors (Lipinski definition) is 4. The Balaban J connectivity index is 1.76. The van der Waals surface area contributed by atoms with Crippen molar-refractivity contribution < 1.29 is 14.3 Å². The lowest BCUT2D eigenvalue weighted by Crippen LogP contribution is -2.41. The van der Waals surface area contributed by atoms with E-state index < -0.39 is 17.2 Å². The van der Waals surface area contributed by atoms with Crippen molar-refractivity contribution in [2.75, 3.05) is 10.6 Å². The Labute approximate surface area is 175 Å². The summed E-state index contributed by atoms with van der Waals surface area (Å²) in [6.45, 7) is 3.04. The number of ether oxygens (including phenoxy) is 1. The molecule has 0 radical (unpaired) electrons. The van der Waals surface area contributed by atoms with Gasteiger partial charge in [-0.15, -0.1) is 0 Å². The van der Waals surface area contributed by atoms with Gasteiger partial charge in [-0.05, 0) is 50.2 Å². The molecule has 0 atom stereocenters. The topological polar surface area (TPSA) is 91.2 Å². The van der Waals surface area contributed by atoms with E-state index in [1.165, 1.54) is 13.8 Å². The number of para-hydroxylation sites is 4. The predicted octanol–water partition coefficient (Wildman–Crippen LogP) is 4.95. The molecule has 0 bridgehead atoms. The number of carbonyl (C=O) groups excluding carboxylic acids is 2. The Kier molecular flexibility index (Phi) is 6.14. The molecule has 2 amide bonds. The summed E-state index contributed by atoms with van der Waals surface area (Å²) in [5.74, 6) is 0.0649. The van der Waals surface area contributed by atoms with E-state index in [0.29, 0.717) is 28.4 Å². The van der Waals surface area contributed by atoms with Crippen molar-refractivity contribution in [3.05, 3.63) is 84.4 Å². The number of rotatable bonds is 6.